The molecular weight excluding hydrogens is 326 g/mol. The first-order valence-corrected chi connectivity index (χ1v) is 7.53. The predicted molar refractivity (Wildman–Crippen MR) is 89.9 cm³/mol. The minimum Gasteiger partial charge on any atom is -0.497 e. The summed E-state index contributed by atoms with van der Waals surface area (Å²) in [6, 6.07) is 7.55. The minimum absolute atomic E-state index is 0.251. The van der Waals surface area contributed by atoms with E-state index in [9.17, 15) is 9.59 Å². The molecule has 130 valence electrons. The standard InChI is InChI=1S/C16H17N5O4/c1-10-14-15(24)20(8-13(22)23)9-18-21(14)16(19-10)17-7-11-3-5-12(25-2)6-4-11/h3-6,9H,7-8H2,1-2H3,(H,17,19)(H,22,23). The highest BCUT2D eigenvalue weighted by molar-refractivity contribution is 5.67. The van der Waals surface area contributed by atoms with Crippen LogP contribution in [0.3, 0.4) is 0 Å². The predicted octanol–water partition coefficient (Wildman–Crippen LogP) is 0.905. The van der Waals surface area contributed by atoms with Crippen LogP contribution >= 0.6 is 0 Å². The van der Waals surface area contributed by atoms with Crippen LogP contribution < -0.4 is 15.6 Å². The van der Waals surface area contributed by atoms with Crippen molar-refractivity contribution in [2.75, 3.05) is 12.4 Å². The van der Waals surface area contributed by atoms with Crippen LogP contribution in [0.5, 0.6) is 5.75 Å². The zero-order valence-electron chi connectivity index (χ0n) is 13.8. The van der Waals surface area contributed by atoms with E-state index in [-0.39, 0.29) is 5.52 Å². The second-order valence-electron chi connectivity index (χ2n) is 5.44. The summed E-state index contributed by atoms with van der Waals surface area (Å²) in [6.07, 6.45) is 1.20. The van der Waals surface area contributed by atoms with E-state index in [1.807, 2.05) is 24.3 Å². The Labute approximate surface area is 142 Å². The largest absolute Gasteiger partial charge is 0.497 e. The number of methoxy groups -OCH3 is 1. The van der Waals surface area contributed by atoms with Crippen LogP contribution in [0.15, 0.2) is 35.4 Å². The molecule has 0 fully saturated rings. The van der Waals surface area contributed by atoms with Crippen LogP contribution in [0.2, 0.25) is 0 Å². The number of nitrogens with zero attached hydrogens (tertiary/aromatic N) is 4. The van der Waals surface area contributed by atoms with Crippen molar-refractivity contribution >= 4 is 17.4 Å². The zero-order valence-corrected chi connectivity index (χ0v) is 13.8. The summed E-state index contributed by atoms with van der Waals surface area (Å²) in [5.41, 5.74) is 1.30. The normalized spacial score (nSPS) is 10.8. The lowest BCUT2D eigenvalue weighted by Crippen LogP contribution is -2.26. The van der Waals surface area contributed by atoms with Crippen LogP contribution in [0.4, 0.5) is 5.95 Å². The molecule has 3 aromatic rings. The van der Waals surface area contributed by atoms with Gasteiger partial charge in [-0.15, -0.1) is 0 Å². The van der Waals surface area contributed by atoms with Crippen molar-refractivity contribution < 1.29 is 14.6 Å². The number of rotatable bonds is 6. The summed E-state index contributed by atoms with van der Waals surface area (Å²) in [7, 11) is 1.61. The molecule has 25 heavy (non-hydrogen) atoms. The number of carbonyl (C=O) groups is 1. The van der Waals surface area contributed by atoms with Crippen molar-refractivity contribution in [2.24, 2.45) is 0 Å². The molecular formula is C16H17N5O4. The number of ether oxygens (including phenoxy) is 1. The Balaban J connectivity index is 1.88. The molecule has 0 radical (unpaired) electrons. The third-order valence-electron chi connectivity index (χ3n) is 3.71. The molecule has 9 heteroatoms. The molecule has 2 heterocycles. The van der Waals surface area contributed by atoms with Gasteiger partial charge in [0.25, 0.3) is 5.56 Å². The highest BCUT2D eigenvalue weighted by Gasteiger charge is 2.15. The number of imidazole rings is 1. The average molecular weight is 343 g/mol. The number of carboxylic acids is 1. The van der Waals surface area contributed by atoms with Crippen LogP contribution in [-0.4, -0.2) is 37.4 Å². The summed E-state index contributed by atoms with van der Waals surface area (Å²) < 4.78 is 7.55. The topological polar surface area (TPSA) is 111 Å². The van der Waals surface area contributed by atoms with Gasteiger partial charge in [-0.3, -0.25) is 14.2 Å². The lowest BCUT2D eigenvalue weighted by Gasteiger charge is -2.07. The van der Waals surface area contributed by atoms with Crippen molar-refractivity contribution in [3.63, 3.8) is 0 Å². The summed E-state index contributed by atoms with van der Waals surface area (Å²) in [6.45, 7) is 1.73. The molecule has 0 atom stereocenters. The Morgan fingerprint density at radius 1 is 1.32 bits per heavy atom. The highest BCUT2D eigenvalue weighted by Crippen LogP contribution is 2.15. The number of hydrogen-bond acceptors (Lipinski definition) is 6. The van der Waals surface area contributed by atoms with Crippen molar-refractivity contribution in [3.8, 4) is 5.75 Å². The van der Waals surface area contributed by atoms with Gasteiger partial charge in [0.1, 0.15) is 18.6 Å². The van der Waals surface area contributed by atoms with Crippen molar-refractivity contribution in [3.05, 3.63) is 52.2 Å². The van der Waals surface area contributed by atoms with Crippen molar-refractivity contribution in [1.82, 2.24) is 19.2 Å². The van der Waals surface area contributed by atoms with E-state index in [4.69, 9.17) is 9.84 Å². The Morgan fingerprint density at radius 2 is 2.04 bits per heavy atom. The van der Waals surface area contributed by atoms with Crippen LogP contribution in [0, 0.1) is 6.92 Å². The zero-order chi connectivity index (χ0) is 18.0. The van der Waals surface area contributed by atoms with Gasteiger partial charge in [0.2, 0.25) is 5.95 Å². The second-order valence-corrected chi connectivity index (χ2v) is 5.44. The van der Waals surface area contributed by atoms with Crippen molar-refractivity contribution in [1.29, 1.82) is 0 Å². The molecule has 0 unspecified atom stereocenters. The Kier molecular flexibility index (Phi) is 4.38. The SMILES string of the molecule is COc1ccc(CNc2nc(C)c3c(=O)n(CC(=O)O)cnn23)cc1. The maximum absolute atomic E-state index is 12.4. The smallest absolute Gasteiger partial charge is 0.323 e. The molecule has 0 aliphatic heterocycles. The van der Waals surface area contributed by atoms with E-state index >= 15 is 0 Å². The fourth-order valence-electron chi connectivity index (χ4n) is 2.48. The van der Waals surface area contributed by atoms with Gasteiger partial charge < -0.3 is 15.2 Å². The number of nitrogens with one attached hydrogen (secondary N) is 1. The molecule has 2 aromatic heterocycles. The first-order chi connectivity index (χ1) is 12.0. The fraction of sp³-hybridized carbons (Fsp3) is 0.250. The second kappa shape index (κ2) is 6.63. The summed E-state index contributed by atoms with van der Waals surface area (Å²) in [5.74, 6) is 0.0812. The number of aromatic nitrogens is 4. The van der Waals surface area contributed by atoms with E-state index < -0.39 is 18.1 Å². The number of benzene rings is 1. The lowest BCUT2D eigenvalue weighted by molar-refractivity contribution is -0.137. The van der Waals surface area contributed by atoms with Gasteiger partial charge in [0.15, 0.2) is 5.52 Å². The Morgan fingerprint density at radius 3 is 2.68 bits per heavy atom. The van der Waals surface area contributed by atoms with E-state index in [1.54, 1.807) is 14.0 Å². The number of aliphatic carboxylic acids is 1. The van der Waals surface area contributed by atoms with Gasteiger partial charge in [-0.05, 0) is 24.6 Å². The molecule has 0 aliphatic carbocycles. The molecule has 2 N–H and O–H groups in total. The lowest BCUT2D eigenvalue weighted by atomic mass is 10.2. The van der Waals surface area contributed by atoms with Gasteiger partial charge >= 0.3 is 5.97 Å². The molecule has 0 aliphatic rings. The highest BCUT2D eigenvalue weighted by atomic mass is 16.5. The van der Waals surface area contributed by atoms with Crippen LogP contribution in [-0.2, 0) is 17.9 Å². The van der Waals surface area contributed by atoms with Crippen molar-refractivity contribution in [2.45, 2.75) is 20.0 Å². The van der Waals surface area contributed by atoms with Gasteiger partial charge in [0.05, 0.1) is 12.8 Å². The fourth-order valence-corrected chi connectivity index (χ4v) is 2.48. The molecule has 0 saturated heterocycles. The summed E-state index contributed by atoms with van der Waals surface area (Å²) in [4.78, 5) is 27.5. The van der Waals surface area contributed by atoms with Gasteiger partial charge in [-0.25, -0.2) is 4.98 Å². The van der Waals surface area contributed by atoms with E-state index in [0.29, 0.717) is 18.2 Å². The Bertz CT molecular complexity index is 975. The number of fused-ring (bicyclic) bond motifs is 1. The molecule has 0 saturated carbocycles. The first kappa shape index (κ1) is 16.5. The molecule has 0 spiro atoms. The van der Waals surface area contributed by atoms with E-state index in [2.05, 4.69) is 15.4 Å². The third-order valence-corrected chi connectivity index (χ3v) is 3.71. The Hall–Kier alpha value is -3.36. The first-order valence-electron chi connectivity index (χ1n) is 7.53. The maximum Gasteiger partial charge on any atom is 0.323 e. The number of anilines is 1. The molecule has 9 nitrogen and oxygen atoms in total. The number of hydrogen-bond donors (Lipinski definition) is 2. The summed E-state index contributed by atoms with van der Waals surface area (Å²) in [5, 5.41) is 16.1. The van der Waals surface area contributed by atoms with Crippen LogP contribution in [0.1, 0.15) is 11.3 Å². The average Bonchev–Trinajstić information content (AvgIpc) is 2.92. The molecule has 0 amide bonds. The van der Waals surface area contributed by atoms with E-state index in [0.717, 1.165) is 15.9 Å². The van der Waals surface area contributed by atoms with Gasteiger partial charge in [-0.2, -0.15) is 9.61 Å². The molecule has 3 rings (SSSR count). The molecule has 0 bridgehead atoms. The number of aryl methyl sites for hydroxylation is 1. The van der Waals surface area contributed by atoms with Gasteiger partial charge in [0, 0.05) is 6.54 Å². The quantitative estimate of drug-likeness (QED) is 0.684. The summed E-state index contributed by atoms with van der Waals surface area (Å²) >= 11 is 0. The number of carboxylic acid groups (broad SMARTS) is 1. The van der Waals surface area contributed by atoms with E-state index in [1.165, 1.54) is 10.8 Å². The minimum atomic E-state index is -1.11. The monoisotopic (exact) mass is 343 g/mol. The maximum atomic E-state index is 12.4. The van der Waals surface area contributed by atoms with Gasteiger partial charge in [-0.1, -0.05) is 12.1 Å². The third kappa shape index (κ3) is 3.30. The van der Waals surface area contributed by atoms with Crippen LogP contribution in [0.25, 0.3) is 5.52 Å². The molecule has 1 aromatic carbocycles.